The molecule has 0 aliphatic rings. The van der Waals surface area contributed by atoms with Crippen LogP contribution < -0.4 is 5.32 Å². The first kappa shape index (κ1) is 17.4. The first-order valence-electron chi connectivity index (χ1n) is 8.23. The number of benzene rings is 2. The van der Waals surface area contributed by atoms with E-state index in [1.807, 2.05) is 68.4 Å². The molecule has 26 heavy (non-hydrogen) atoms. The van der Waals surface area contributed by atoms with Gasteiger partial charge in [-0.1, -0.05) is 18.2 Å². The Morgan fingerprint density at radius 2 is 1.58 bits per heavy atom. The molecule has 0 amide bonds. The van der Waals surface area contributed by atoms with Gasteiger partial charge in [-0.2, -0.15) is 10.2 Å². The Morgan fingerprint density at radius 3 is 2.19 bits per heavy atom. The molecule has 1 heterocycles. The van der Waals surface area contributed by atoms with E-state index in [0.717, 1.165) is 22.8 Å². The number of aryl methyl sites for hydroxylation is 1. The van der Waals surface area contributed by atoms with Crippen molar-refractivity contribution in [1.29, 1.82) is 0 Å². The van der Waals surface area contributed by atoms with Crippen molar-refractivity contribution < 1.29 is 9.21 Å². The highest BCUT2D eigenvalue weighted by Gasteiger charge is 2.07. The topological polar surface area (TPSA) is 67.0 Å². The second-order valence-corrected chi connectivity index (χ2v) is 5.81. The molecular weight excluding hydrogens is 326 g/mol. The summed E-state index contributed by atoms with van der Waals surface area (Å²) in [4.78, 5) is 12.1. The number of furan rings is 1. The van der Waals surface area contributed by atoms with Gasteiger partial charge in [0, 0.05) is 17.5 Å². The van der Waals surface area contributed by atoms with Crippen molar-refractivity contribution in [3.63, 3.8) is 0 Å². The monoisotopic (exact) mass is 345 g/mol. The van der Waals surface area contributed by atoms with Gasteiger partial charge in [-0.3, -0.25) is 4.79 Å². The molecule has 0 unspecified atom stereocenters. The van der Waals surface area contributed by atoms with Crippen molar-refractivity contribution >= 4 is 22.8 Å². The summed E-state index contributed by atoms with van der Waals surface area (Å²) < 4.78 is 5.33. The Hall–Kier alpha value is -3.47. The lowest BCUT2D eigenvalue weighted by Crippen LogP contribution is -2.00. The highest BCUT2D eigenvalue weighted by Crippen LogP contribution is 2.21. The van der Waals surface area contributed by atoms with Crippen LogP contribution >= 0.6 is 0 Å². The number of nitrogens with zero attached hydrogens (tertiary/aromatic N) is 2. The van der Waals surface area contributed by atoms with Gasteiger partial charge in [0.15, 0.2) is 5.76 Å². The fraction of sp³-hybridized carbons (Fsp3) is 0.0952. The maximum Gasteiger partial charge on any atom is 0.222 e. The van der Waals surface area contributed by atoms with Gasteiger partial charge < -0.3 is 9.73 Å². The van der Waals surface area contributed by atoms with Gasteiger partial charge in [-0.15, -0.1) is 0 Å². The van der Waals surface area contributed by atoms with E-state index < -0.39 is 0 Å². The van der Waals surface area contributed by atoms with Crippen LogP contribution in [-0.2, 0) is 0 Å². The fourth-order valence-electron chi connectivity index (χ4n) is 2.32. The first-order chi connectivity index (χ1) is 12.6. The van der Waals surface area contributed by atoms with Gasteiger partial charge >= 0.3 is 0 Å². The van der Waals surface area contributed by atoms with Crippen LogP contribution in [0.25, 0.3) is 0 Å². The lowest BCUT2D eigenvalue weighted by molar-refractivity contribution is 0.102. The number of anilines is 1. The molecule has 0 aliphatic heterocycles. The van der Waals surface area contributed by atoms with E-state index >= 15 is 0 Å². The summed E-state index contributed by atoms with van der Waals surface area (Å²) in [5.41, 5.74) is 3.15. The molecule has 130 valence electrons. The Balaban J connectivity index is 1.62. The summed E-state index contributed by atoms with van der Waals surface area (Å²) in [6.45, 7) is 3.64. The molecule has 0 aliphatic carbocycles. The molecule has 0 saturated carbocycles. The molecule has 0 saturated heterocycles. The van der Waals surface area contributed by atoms with Crippen LogP contribution in [-0.4, -0.2) is 5.78 Å². The van der Waals surface area contributed by atoms with Crippen molar-refractivity contribution in [3.8, 4) is 0 Å². The zero-order valence-electron chi connectivity index (χ0n) is 14.6. The van der Waals surface area contributed by atoms with E-state index in [4.69, 9.17) is 4.42 Å². The fourth-order valence-corrected chi connectivity index (χ4v) is 2.32. The van der Waals surface area contributed by atoms with Crippen LogP contribution in [0, 0.1) is 6.92 Å². The quantitative estimate of drug-likeness (QED) is 0.328. The summed E-state index contributed by atoms with van der Waals surface area (Å²) in [5.74, 6) is 0.879. The van der Waals surface area contributed by atoms with E-state index in [1.165, 1.54) is 6.08 Å². The molecule has 5 nitrogen and oxygen atoms in total. The third kappa shape index (κ3) is 4.77. The Kier molecular flexibility index (Phi) is 5.39. The summed E-state index contributed by atoms with van der Waals surface area (Å²) in [6.07, 6.45) is 1.52. The number of carbonyl (C=O) groups excluding carboxylic acids is 1. The molecular formula is C21H19N3O2. The molecule has 0 fully saturated rings. The van der Waals surface area contributed by atoms with Crippen LogP contribution in [0.2, 0.25) is 0 Å². The SMILES string of the molecule is C/C(=C\C(=O)c1ccc(C)o1)Nc1ccc(N=Nc2ccccc2)cc1. The van der Waals surface area contributed by atoms with E-state index in [2.05, 4.69) is 15.5 Å². The molecule has 0 radical (unpaired) electrons. The van der Waals surface area contributed by atoms with E-state index in [1.54, 1.807) is 12.1 Å². The average molecular weight is 345 g/mol. The largest absolute Gasteiger partial charge is 0.458 e. The smallest absolute Gasteiger partial charge is 0.222 e. The summed E-state index contributed by atoms with van der Waals surface area (Å²) in [7, 11) is 0. The molecule has 3 rings (SSSR count). The third-order valence-electron chi connectivity index (χ3n) is 3.58. The lowest BCUT2D eigenvalue weighted by atomic mass is 10.2. The zero-order chi connectivity index (χ0) is 18.4. The molecule has 2 aromatic carbocycles. The molecule has 0 atom stereocenters. The lowest BCUT2D eigenvalue weighted by Gasteiger charge is -2.06. The van der Waals surface area contributed by atoms with Crippen LogP contribution in [0.15, 0.2) is 93.1 Å². The average Bonchev–Trinajstić information content (AvgIpc) is 3.08. The van der Waals surface area contributed by atoms with Crippen LogP contribution in [0.5, 0.6) is 0 Å². The van der Waals surface area contributed by atoms with Gasteiger partial charge in [0.1, 0.15) is 5.76 Å². The minimum Gasteiger partial charge on any atom is -0.458 e. The van der Waals surface area contributed by atoms with Gasteiger partial charge in [-0.25, -0.2) is 0 Å². The molecule has 3 aromatic rings. The number of nitrogens with one attached hydrogen (secondary N) is 1. The second-order valence-electron chi connectivity index (χ2n) is 5.81. The van der Waals surface area contributed by atoms with Gasteiger partial charge in [0.05, 0.1) is 11.4 Å². The van der Waals surface area contributed by atoms with Crippen molar-refractivity contribution in [3.05, 3.63) is 90.0 Å². The Morgan fingerprint density at radius 1 is 0.923 bits per heavy atom. The molecule has 0 spiro atoms. The molecule has 1 aromatic heterocycles. The maximum absolute atomic E-state index is 12.1. The van der Waals surface area contributed by atoms with Crippen LogP contribution in [0.3, 0.4) is 0 Å². The number of carbonyl (C=O) groups is 1. The minimum absolute atomic E-state index is 0.170. The van der Waals surface area contributed by atoms with E-state index in [0.29, 0.717) is 11.5 Å². The Labute approximate surface area is 152 Å². The van der Waals surface area contributed by atoms with Crippen molar-refractivity contribution in [2.45, 2.75) is 13.8 Å². The zero-order valence-corrected chi connectivity index (χ0v) is 14.6. The summed E-state index contributed by atoms with van der Waals surface area (Å²) in [6, 6.07) is 20.5. The van der Waals surface area contributed by atoms with Crippen molar-refractivity contribution in [2.24, 2.45) is 10.2 Å². The number of hydrogen-bond acceptors (Lipinski definition) is 5. The first-order valence-corrected chi connectivity index (χ1v) is 8.23. The van der Waals surface area contributed by atoms with Crippen molar-refractivity contribution in [1.82, 2.24) is 0 Å². The number of allylic oxidation sites excluding steroid dienone is 2. The highest BCUT2D eigenvalue weighted by atomic mass is 16.3. The molecule has 0 bridgehead atoms. The van der Waals surface area contributed by atoms with E-state index in [-0.39, 0.29) is 5.78 Å². The molecule has 1 N–H and O–H groups in total. The van der Waals surface area contributed by atoms with Gasteiger partial charge in [0.2, 0.25) is 5.78 Å². The normalized spacial score (nSPS) is 11.7. The highest BCUT2D eigenvalue weighted by molar-refractivity contribution is 6.03. The maximum atomic E-state index is 12.1. The van der Waals surface area contributed by atoms with Crippen LogP contribution in [0.4, 0.5) is 17.1 Å². The Bertz CT molecular complexity index is 939. The minimum atomic E-state index is -0.170. The predicted molar refractivity (Wildman–Crippen MR) is 102 cm³/mol. The number of hydrogen-bond donors (Lipinski definition) is 1. The van der Waals surface area contributed by atoms with Gasteiger partial charge in [0.25, 0.3) is 0 Å². The summed E-state index contributed by atoms with van der Waals surface area (Å²) >= 11 is 0. The second kappa shape index (κ2) is 8.07. The predicted octanol–water partition coefficient (Wildman–Crippen LogP) is 6.20. The van der Waals surface area contributed by atoms with E-state index in [9.17, 15) is 4.79 Å². The third-order valence-corrected chi connectivity index (χ3v) is 3.58. The van der Waals surface area contributed by atoms with Crippen LogP contribution in [0.1, 0.15) is 23.2 Å². The van der Waals surface area contributed by atoms with Crippen molar-refractivity contribution in [2.75, 3.05) is 5.32 Å². The summed E-state index contributed by atoms with van der Waals surface area (Å²) in [5, 5.41) is 11.6. The number of ketones is 1. The number of azo groups is 1. The standard InChI is InChI=1S/C21H19N3O2/c1-15(14-20(25)21-13-8-16(2)26-21)22-17-9-11-19(12-10-17)24-23-18-6-4-3-5-7-18/h3-14,22H,1-2H3/b15-14+,24-23?. The number of rotatable bonds is 6. The molecule has 5 heteroatoms. The van der Waals surface area contributed by atoms with Gasteiger partial charge in [-0.05, 0) is 62.4 Å².